The molecule has 0 radical (unpaired) electrons. The Kier molecular flexibility index (Phi) is 4.81. The van der Waals surface area contributed by atoms with Gasteiger partial charge in [-0.3, -0.25) is 14.4 Å². The molecule has 1 N–H and O–H groups in total. The van der Waals surface area contributed by atoms with Crippen molar-refractivity contribution in [2.75, 3.05) is 11.5 Å². The van der Waals surface area contributed by atoms with Gasteiger partial charge in [0.15, 0.2) is 0 Å². The van der Waals surface area contributed by atoms with E-state index in [-0.39, 0.29) is 11.8 Å². The van der Waals surface area contributed by atoms with E-state index in [2.05, 4.69) is 6.92 Å². The van der Waals surface area contributed by atoms with E-state index in [4.69, 9.17) is 4.74 Å². The van der Waals surface area contributed by atoms with Crippen LogP contribution < -0.4 is 9.64 Å². The van der Waals surface area contributed by atoms with Crippen molar-refractivity contribution in [2.24, 2.45) is 11.8 Å². The average Bonchev–Trinajstić information content (AvgIpc) is 3.15. The highest BCUT2D eigenvalue weighted by molar-refractivity contribution is 6.25. The van der Waals surface area contributed by atoms with E-state index in [1.807, 2.05) is 24.3 Å². The summed E-state index contributed by atoms with van der Waals surface area (Å²) in [6.45, 7) is 2.69. The molecule has 1 fully saturated rings. The zero-order valence-corrected chi connectivity index (χ0v) is 19.3. The summed E-state index contributed by atoms with van der Waals surface area (Å²) in [7, 11) is 0. The molecular formula is C29H25NO5. The number of ether oxygens (including phenoxy) is 1. The number of benzene rings is 3. The Morgan fingerprint density at radius 2 is 1.51 bits per heavy atom. The number of rotatable bonds is 6. The summed E-state index contributed by atoms with van der Waals surface area (Å²) < 4.78 is 5.72. The molecule has 35 heavy (non-hydrogen) atoms. The standard InChI is InChI=1S/C29H25NO5/c1-2-3-16-35-18-14-12-17(13-15-18)30-26(31)24-23-19-8-4-6-10-21(19)29(28(33)34,25(24)27(30)32)22-11-7-5-9-20(22)23/h4-15,23-25H,2-3,16H2,1H3,(H,33,34)/t23?,24-,25-,29?/m1/s1. The fourth-order valence-electron chi connectivity index (χ4n) is 6.42. The molecule has 6 heteroatoms. The Hall–Kier alpha value is -3.93. The zero-order chi connectivity index (χ0) is 24.3. The van der Waals surface area contributed by atoms with Gasteiger partial charge in [0.1, 0.15) is 11.2 Å². The number of hydrogen-bond donors (Lipinski definition) is 1. The van der Waals surface area contributed by atoms with Crippen LogP contribution in [0.3, 0.4) is 0 Å². The minimum atomic E-state index is -1.61. The molecule has 0 aromatic heterocycles. The molecule has 176 valence electrons. The van der Waals surface area contributed by atoms with Gasteiger partial charge in [-0.25, -0.2) is 4.90 Å². The second-order valence-electron chi connectivity index (χ2n) is 9.48. The summed E-state index contributed by atoms with van der Waals surface area (Å²) >= 11 is 0. The Morgan fingerprint density at radius 3 is 2.09 bits per heavy atom. The number of carbonyl (C=O) groups excluding carboxylic acids is 2. The van der Waals surface area contributed by atoms with Crippen molar-refractivity contribution >= 4 is 23.5 Å². The van der Waals surface area contributed by atoms with Crippen molar-refractivity contribution in [2.45, 2.75) is 31.1 Å². The van der Waals surface area contributed by atoms with E-state index < -0.39 is 29.1 Å². The van der Waals surface area contributed by atoms with Crippen molar-refractivity contribution in [3.63, 3.8) is 0 Å². The first kappa shape index (κ1) is 21.6. The lowest BCUT2D eigenvalue weighted by atomic mass is 9.47. The number of carboxylic acid groups (broad SMARTS) is 1. The van der Waals surface area contributed by atoms with Crippen LogP contribution in [-0.2, 0) is 19.8 Å². The molecule has 6 nitrogen and oxygen atoms in total. The van der Waals surface area contributed by atoms with Gasteiger partial charge in [-0.15, -0.1) is 0 Å². The number of amides is 2. The SMILES string of the molecule is CCCCOc1ccc(N2C(=O)[C@@H]3C4c5ccccc5C(C(=O)O)(c5ccccc54)[C@H]3C2=O)cc1. The van der Waals surface area contributed by atoms with E-state index in [1.54, 1.807) is 48.5 Å². The maximum Gasteiger partial charge on any atom is 0.319 e. The lowest BCUT2D eigenvalue weighted by Crippen LogP contribution is -2.57. The van der Waals surface area contributed by atoms with Gasteiger partial charge in [0.05, 0.1) is 24.1 Å². The number of unbranched alkanes of at least 4 members (excludes halogenated alkanes) is 1. The Balaban J connectivity index is 1.49. The molecule has 0 unspecified atom stereocenters. The third-order valence-corrected chi connectivity index (χ3v) is 7.82. The van der Waals surface area contributed by atoms with Gasteiger partial charge in [0.2, 0.25) is 11.8 Å². The second kappa shape index (κ2) is 7.80. The number of carbonyl (C=O) groups is 3. The Bertz CT molecular complexity index is 1310. The van der Waals surface area contributed by atoms with Gasteiger partial charge in [-0.1, -0.05) is 61.9 Å². The molecule has 1 heterocycles. The highest BCUT2D eigenvalue weighted by Crippen LogP contribution is 2.64. The van der Waals surface area contributed by atoms with Crippen LogP contribution in [0.25, 0.3) is 0 Å². The number of aliphatic carboxylic acids is 1. The molecule has 2 atom stereocenters. The Morgan fingerprint density at radius 1 is 0.914 bits per heavy atom. The number of nitrogens with zero attached hydrogens (tertiary/aromatic N) is 1. The van der Waals surface area contributed by atoms with Crippen LogP contribution in [0.1, 0.15) is 47.9 Å². The number of carboxylic acids is 1. The van der Waals surface area contributed by atoms with Crippen LogP contribution in [0.15, 0.2) is 72.8 Å². The lowest BCUT2D eigenvalue weighted by Gasteiger charge is -2.51. The van der Waals surface area contributed by atoms with Crippen LogP contribution in [0.2, 0.25) is 0 Å². The summed E-state index contributed by atoms with van der Waals surface area (Å²) in [5, 5.41) is 10.8. The monoisotopic (exact) mass is 467 g/mol. The van der Waals surface area contributed by atoms with Gasteiger partial charge < -0.3 is 9.84 Å². The van der Waals surface area contributed by atoms with Gasteiger partial charge in [-0.2, -0.15) is 0 Å². The second-order valence-corrected chi connectivity index (χ2v) is 9.48. The summed E-state index contributed by atoms with van der Waals surface area (Å²) in [5.41, 5.74) is 1.68. The molecule has 0 saturated carbocycles. The molecule has 1 saturated heterocycles. The van der Waals surface area contributed by atoms with Crippen molar-refractivity contribution in [1.82, 2.24) is 0 Å². The predicted molar refractivity (Wildman–Crippen MR) is 129 cm³/mol. The maximum atomic E-state index is 14.0. The molecule has 4 aliphatic rings. The van der Waals surface area contributed by atoms with Gasteiger partial charge in [0, 0.05) is 5.92 Å². The molecule has 3 aromatic carbocycles. The first-order chi connectivity index (χ1) is 17.0. The molecule has 2 amide bonds. The molecule has 1 aliphatic heterocycles. The summed E-state index contributed by atoms with van der Waals surface area (Å²) in [4.78, 5) is 42.2. The van der Waals surface area contributed by atoms with Crippen molar-refractivity contribution in [1.29, 1.82) is 0 Å². The minimum Gasteiger partial charge on any atom is -0.494 e. The number of imide groups is 1. The highest BCUT2D eigenvalue weighted by atomic mass is 16.5. The minimum absolute atomic E-state index is 0.348. The average molecular weight is 468 g/mol. The van der Waals surface area contributed by atoms with Crippen molar-refractivity contribution in [3.05, 3.63) is 95.1 Å². The van der Waals surface area contributed by atoms with Gasteiger partial charge in [-0.05, 0) is 52.9 Å². The fourth-order valence-corrected chi connectivity index (χ4v) is 6.42. The topological polar surface area (TPSA) is 83.9 Å². The van der Waals surface area contributed by atoms with Gasteiger partial charge >= 0.3 is 5.97 Å². The van der Waals surface area contributed by atoms with Crippen LogP contribution >= 0.6 is 0 Å². The maximum absolute atomic E-state index is 14.0. The van der Waals surface area contributed by atoms with Gasteiger partial charge in [0.25, 0.3) is 0 Å². The van der Waals surface area contributed by atoms with Crippen molar-refractivity contribution in [3.8, 4) is 5.75 Å². The summed E-state index contributed by atoms with van der Waals surface area (Å²) in [5.74, 6) is -3.40. The first-order valence-electron chi connectivity index (χ1n) is 12.0. The zero-order valence-electron chi connectivity index (χ0n) is 19.3. The largest absolute Gasteiger partial charge is 0.494 e. The third kappa shape index (κ3) is 2.74. The first-order valence-corrected chi connectivity index (χ1v) is 12.0. The van der Waals surface area contributed by atoms with E-state index in [0.29, 0.717) is 29.2 Å². The molecule has 3 aromatic rings. The third-order valence-electron chi connectivity index (χ3n) is 7.82. The summed E-state index contributed by atoms with van der Waals surface area (Å²) in [6, 6.07) is 21.6. The van der Waals surface area contributed by atoms with Crippen LogP contribution in [0.4, 0.5) is 5.69 Å². The van der Waals surface area contributed by atoms with Crippen LogP contribution in [0.5, 0.6) is 5.75 Å². The predicted octanol–water partition coefficient (Wildman–Crippen LogP) is 4.50. The smallest absolute Gasteiger partial charge is 0.319 e. The van der Waals surface area contributed by atoms with E-state index in [9.17, 15) is 19.5 Å². The van der Waals surface area contributed by atoms with E-state index in [0.717, 1.165) is 24.0 Å². The highest BCUT2D eigenvalue weighted by Gasteiger charge is 2.71. The van der Waals surface area contributed by atoms with E-state index >= 15 is 0 Å². The Labute approximate surface area is 203 Å². The number of anilines is 1. The van der Waals surface area contributed by atoms with Crippen LogP contribution in [0, 0.1) is 11.8 Å². The van der Waals surface area contributed by atoms with E-state index in [1.165, 1.54) is 4.90 Å². The van der Waals surface area contributed by atoms with Crippen molar-refractivity contribution < 1.29 is 24.2 Å². The van der Waals surface area contributed by atoms with Crippen LogP contribution in [-0.4, -0.2) is 29.5 Å². The molecule has 3 aliphatic carbocycles. The molecule has 0 spiro atoms. The fraction of sp³-hybridized carbons (Fsp3) is 0.276. The quantitative estimate of drug-likeness (QED) is 0.426. The molecule has 2 bridgehead atoms. The summed E-state index contributed by atoms with van der Waals surface area (Å²) in [6.07, 6.45) is 1.96. The number of hydrogen-bond acceptors (Lipinski definition) is 4. The lowest BCUT2D eigenvalue weighted by molar-refractivity contribution is -0.149. The normalized spacial score (nSPS) is 25.7. The molecule has 7 rings (SSSR count). The molecular weight excluding hydrogens is 442 g/mol.